The minimum atomic E-state index is 0.261. The summed E-state index contributed by atoms with van der Waals surface area (Å²) in [6, 6.07) is 9.79. The summed E-state index contributed by atoms with van der Waals surface area (Å²) in [6.07, 6.45) is 2.24. The topological polar surface area (TPSA) is 38.1 Å². The van der Waals surface area contributed by atoms with E-state index >= 15 is 0 Å². The van der Waals surface area contributed by atoms with Crippen LogP contribution in [0.1, 0.15) is 12.6 Å². The first-order valence-electron chi connectivity index (χ1n) is 4.64. The van der Waals surface area contributed by atoms with Crippen molar-refractivity contribution in [3.8, 4) is 11.4 Å². The van der Waals surface area contributed by atoms with Gasteiger partial charge in [-0.3, -0.25) is 0 Å². The van der Waals surface area contributed by atoms with Gasteiger partial charge < -0.3 is 5.11 Å². The fourth-order valence-electron chi connectivity index (χ4n) is 1.49. The van der Waals surface area contributed by atoms with Gasteiger partial charge in [-0.25, -0.2) is 4.68 Å². The normalized spacial score (nSPS) is 10.4. The van der Waals surface area contributed by atoms with Crippen LogP contribution in [0.3, 0.4) is 0 Å². The first-order chi connectivity index (χ1) is 6.83. The molecule has 2 rings (SSSR count). The van der Waals surface area contributed by atoms with Crippen molar-refractivity contribution in [3.05, 3.63) is 42.2 Å². The Balaban J connectivity index is 2.52. The van der Waals surface area contributed by atoms with Crippen LogP contribution in [0, 0.1) is 0 Å². The molecule has 0 amide bonds. The second-order valence-corrected chi connectivity index (χ2v) is 3.08. The molecular formula is C11H12N2O. The molecule has 72 valence electrons. The first-order valence-corrected chi connectivity index (χ1v) is 4.64. The highest BCUT2D eigenvalue weighted by Crippen LogP contribution is 2.19. The van der Waals surface area contributed by atoms with Crippen LogP contribution in [0.15, 0.2) is 36.5 Å². The zero-order chi connectivity index (χ0) is 9.97. The Labute approximate surface area is 82.6 Å². The molecular weight excluding hydrogens is 176 g/mol. The number of hydrogen-bond acceptors (Lipinski definition) is 2. The van der Waals surface area contributed by atoms with E-state index in [9.17, 15) is 5.11 Å². The van der Waals surface area contributed by atoms with Gasteiger partial charge in [-0.15, -0.1) is 0 Å². The number of aromatic hydroxyl groups is 1. The summed E-state index contributed by atoms with van der Waals surface area (Å²) in [5.74, 6) is 0.261. The second kappa shape index (κ2) is 3.54. The Kier molecular flexibility index (Phi) is 2.23. The molecule has 14 heavy (non-hydrogen) atoms. The van der Waals surface area contributed by atoms with Gasteiger partial charge in [0.1, 0.15) is 0 Å². The molecule has 0 saturated carbocycles. The fourth-order valence-corrected chi connectivity index (χ4v) is 1.49. The van der Waals surface area contributed by atoms with Crippen LogP contribution >= 0.6 is 0 Å². The van der Waals surface area contributed by atoms with Crippen molar-refractivity contribution in [2.45, 2.75) is 13.3 Å². The van der Waals surface area contributed by atoms with Gasteiger partial charge >= 0.3 is 0 Å². The molecule has 0 aliphatic heterocycles. The highest BCUT2D eigenvalue weighted by molar-refractivity contribution is 5.36. The molecule has 0 aliphatic carbocycles. The van der Waals surface area contributed by atoms with Crippen LogP contribution in [-0.2, 0) is 6.42 Å². The van der Waals surface area contributed by atoms with E-state index in [-0.39, 0.29) is 5.75 Å². The predicted octanol–water partition coefficient (Wildman–Crippen LogP) is 2.14. The minimum Gasteiger partial charge on any atom is -0.504 e. The monoisotopic (exact) mass is 188 g/mol. The zero-order valence-electron chi connectivity index (χ0n) is 8.01. The molecule has 1 heterocycles. The van der Waals surface area contributed by atoms with E-state index in [2.05, 4.69) is 5.10 Å². The molecule has 0 saturated heterocycles. The Morgan fingerprint density at radius 2 is 2.00 bits per heavy atom. The van der Waals surface area contributed by atoms with E-state index in [4.69, 9.17) is 0 Å². The number of aromatic nitrogens is 2. The molecule has 3 heteroatoms. The zero-order valence-corrected chi connectivity index (χ0v) is 8.01. The highest BCUT2D eigenvalue weighted by atomic mass is 16.3. The lowest BCUT2D eigenvalue weighted by atomic mass is 10.3. The largest absolute Gasteiger partial charge is 0.504 e. The molecule has 0 spiro atoms. The van der Waals surface area contributed by atoms with Gasteiger partial charge in [0.2, 0.25) is 0 Å². The van der Waals surface area contributed by atoms with Crippen LogP contribution in [-0.4, -0.2) is 14.9 Å². The van der Waals surface area contributed by atoms with Gasteiger partial charge in [-0.2, -0.15) is 5.10 Å². The van der Waals surface area contributed by atoms with Gasteiger partial charge in [0, 0.05) is 0 Å². The van der Waals surface area contributed by atoms with Crippen molar-refractivity contribution in [1.82, 2.24) is 9.78 Å². The van der Waals surface area contributed by atoms with Gasteiger partial charge in [0.15, 0.2) is 5.75 Å². The van der Waals surface area contributed by atoms with E-state index in [1.165, 1.54) is 6.20 Å². The first kappa shape index (κ1) is 8.81. The van der Waals surface area contributed by atoms with Crippen molar-refractivity contribution in [2.75, 3.05) is 0 Å². The SMILES string of the molecule is CCc1c(O)cnn1-c1ccccc1. The lowest BCUT2D eigenvalue weighted by Gasteiger charge is -2.04. The molecule has 0 bridgehead atoms. The van der Waals surface area contributed by atoms with Crippen molar-refractivity contribution < 1.29 is 5.11 Å². The van der Waals surface area contributed by atoms with Crippen molar-refractivity contribution >= 4 is 0 Å². The molecule has 2 aromatic rings. The van der Waals surface area contributed by atoms with Crippen LogP contribution in [0.5, 0.6) is 5.75 Å². The van der Waals surface area contributed by atoms with Crippen LogP contribution < -0.4 is 0 Å². The molecule has 1 aromatic carbocycles. The number of rotatable bonds is 2. The average molecular weight is 188 g/mol. The minimum absolute atomic E-state index is 0.261. The van der Waals surface area contributed by atoms with Crippen molar-refractivity contribution in [3.63, 3.8) is 0 Å². The predicted molar refractivity (Wildman–Crippen MR) is 54.6 cm³/mol. The quantitative estimate of drug-likeness (QED) is 0.784. The summed E-state index contributed by atoms with van der Waals surface area (Å²) in [4.78, 5) is 0. The third-order valence-electron chi connectivity index (χ3n) is 2.18. The maximum Gasteiger partial charge on any atom is 0.157 e. The Morgan fingerprint density at radius 1 is 1.29 bits per heavy atom. The summed E-state index contributed by atoms with van der Waals surface area (Å²) in [5.41, 5.74) is 1.82. The standard InChI is InChI=1S/C11H12N2O/c1-2-10-11(14)8-12-13(10)9-6-4-3-5-7-9/h3-8,14H,2H2,1H3. The molecule has 0 atom stereocenters. The number of nitrogens with zero attached hydrogens (tertiary/aromatic N) is 2. The second-order valence-electron chi connectivity index (χ2n) is 3.08. The summed E-state index contributed by atoms with van der Waals surface area (Å²) in [5, 5.41) is 13.6. The van der Waals surface area contributed by atoms with Crippen LogP contribution in [0.4, 0.5) is 0 Å². The highest BCUT2D eigenvalue weighted by Gasteiger charge is 2.08. The smallest absolute Gasteiger partial charge is 0.157 e. The van der Waals surface area contributed by atoms with Crippen LogP contribution in [0.2, 0.25) is 0 Å². The maximum atomic E-state index is 9.51. The maximum absolute atomic E-state index is 9.51. The Morgan fingerprint density at radius 3 is 2.64 bits per heavy atom. The summed E-state index contributed by atoms with van der Waals surface area (Å²) < 4.78 is 1.76. The third kappa shape index (κ3) is 1.37. The number of hydrogen-bond donors (Lipinski definition) is 1. The summed E-state index contributed by atoms with van der Waals surface area (Å²) in [7, 11) is 0. The van der Waals surface area contributed by atoms with E-state index in [0.29, 0.717) is 0 Å². The third-order valence-corrected chi connectivity index (χ3v) is 2.18. The molecule has 1 N–H and O–H groups in total. The summed E-state index contributed by atoms with van der Waals surface area (Å²) in [6.45, 7) is 2.00. The molecule has 3 nitrogen and oxygen atoms in total. The van der Waals surface area contributed by atoms with Crippen molar-refractivity contribution in [2.24, 2.45) is 0 Å². The lowest BCUT2D eigenvalue weighted by Crippen LogP contribution is -2.00. The molecule has 0 radical (unpaired) electrons. The van der Waals surface area contributed by atoms with E-state index in [1.807, 2.05) is 37.3 Å². The molecule has 1 aromatic heterocycles. The molecule has 0 aliphatic rings. The van der Waals surface area contributed by atoms with E-state index < -0.39 is 0 Å². The summed E-state index contributed by atoms with van der Waals surface area (Å²) >= 11 is 0. The Bertz CT molecular complexity index is 420. The molecule has 0 fully saturated rings. The lowest BCUT2D eigenvalue weighted by molar-refractivity contribution is 0.468. The van der Waals surface area contributed by atoms with Gasteiger partial charge in [-0.05, 0) is 18.6 Å². The number of benzene rings is 1. The number of para-hydroxylation sites is 1. The average Bonchev–Trinajstić information content (AvgIpc) is 2.61. The van der Waals surface area contributed by atoms with Crippen LogP contribution in [0.25, 0.3) is 5.69 Å². The van der Waals surface area contributed by atoms with Gasteiger partial charge in [0.05, 0.1) is 17.6 Å². The fraction of sp³-hybridized carbons (Fsp3) is 0.182. The van der Waals surface area contributed by atoms with E-state index in [0.717, 1.165) is 17.8 Å². The van der Waals surface area contributed by atoms with Crippen molar-refractivity contribution in [1.29, 1.82) is 0 Å². The Hall–Kier alpha value is -1.77. The van der Waals surface area contributed by atoms with Gasteiger partial charge in [0.25, 0.3) is 0 Å². The van der Waals surface area contributed by atoms with E-state index in [1.54, 1.807) is 4.68 Å². The van der Waals surface area contributed by atoms with Gasteiger partial charge in [-0.1, -0.05) is 25.1 Å². The molecule has 0 unspecified atom stereocenters.